The first-order chi connectivity index (χ1) is 8.96. The molecule has 2 atom stereocenters. The van der Waals surface area contributed by atoms with Crippen LogP contribution in [-0.2, 0) is 0 Å². The number of phenols is 1. The monoisotopic (exact) mass is 267 g/mol. The Balaban J connectivity index is 0.000000982. The van der Waals surface area contributed by atoms with E-state index in [9.17, 15) is 5.11 Å². The first kappa shape index (κ1) is 17.9. The lowest BCUT2D eigenvalue weighted by atomic mass is 9.85. The highest BCUT2D eigenvalue weighted by molar-refractivity contribution is 5.30. The number of aliphatic hydroxyl groups excluding tert-OH is 1. The summed E-state index contributed by atoms with van der Waals surface area (Å²) in [5.74, 6) is 1.49. The van der Waals surface area contributed by atoms with Crippen molar-refractivity contribution >= 4 is 0 Å². The van der Waals surface area contributed by atoms with Gasteiger partial charge in [-0.1, -0.05) is 26.0 Å². The lowest BCUT2D eigenvalue weighted by molar-refractivity contribution is 0.301. The van der Waals surface area contributed by atoms with Gasteiger partial charge in [0, 0.05) is 13.2 Å². The number of hydrogen-bond donors (Lipinski definition) is 2. The van der Waals surface area contributed by atoms with Gasteiger partial charge < -0.3 is 15.1 Å². The fraction of sp³-hybridized carbons (Fsp3) is 0.625. The van der Waals surface area contributed by atoms with Crippen molar-refractivity contribution in [2.75, 3.05) is 27.2 Å². The minimum atomic E-state index is 0.250. The van der Waals surface area contributed by atoms with Crippen LogP contribution in [0.25, 0.3) is 0 Å². The molecule has 0 bridgehead atoms. The summed E-state index contributed by atoms with van der Waals surface area (Å²) in [5.41, 5.74) is 1.25. The van der Waals surface area contributed by atoms with Crippen molar-refractivity contribution < 1.29 is 10.2 Å². The Kier molecular flexibility index (Phi) is 9.27. The molecule has 0 spiro atoms. The lowest BCUT2D eigenvalue weighted by Crippen LogP contribution is -2.24. The van der Waals surface area contributed by atoms with Gasteiger partial charge in [0.25, 0.3) is 0 Å². The molecule has 0 saturated heterocycles. The summed E-state index contributed by atoms with van der Waals surface area (Å²) in [6, 6.07) is 7.66. The van der Waals surface area contributed by atoms with Crippen LogP contribution in [0.4, 0.5) is 0 Å². The molecule has 2 N–H and O–H groups in total. The number of nitrogens with zero attached hydrogens (tertiary/aromatic N) is 1. The summed E-state index contributed by atoms with van der Waals surface area (Å²) < 4.78 is 0. The molecule has 0 saturated carbocycles. The molecule has 1 rings (SSSR count). The van der Waals surface area contributed by atoms with Gasteiger partial charge >= 0.3 is 0 Å². The molecule has 110 valence electrons. The number of aromatic hydroxyl groups is 1. The first-order valence-electron chi connectivity index (χ1n) is 7.00. The molecule has 19 heavy (non-hydrogen) atoms. The normalized spacial score (nSPS) is 13.6. The van der Waals surface area contributed by atoms with Crippen molar-refractivity contribution in [3.05, 3.63) is 29.8 Å². The highest BCUT2D eigenvalue weighted by atomic mass is 16.3. The van der Waals surface area contributed by atoms with Crippen LogP contribution in [0.1, 0.15) is 38.7 Å². The summed E-state index contributed by atoms with van der Waals surface area (Å²) in [6.45, 7) is 7.49. The van der Waals surface area contributed by atoms with Gasteiger partial charge in [-0.25, -0.2) is 0 Å². The van der Waals surface area contributed by atoms with Crippen LogP contribution in [0.3, 0.4) is 0 Å². The number of rotatable bonds is 5. The molecule has 0 fully saturated rings. The molecule has 0 radical (unpaired) electrons. The fourth-order valence-corrected chi connectivity index (χ4v) is 2.43. The minimum absolute atomic E-state index is 0.250. The zero-order chi connectivity index (χ0) is 14.8. The van der Waals surface area contributed by atoms with Crippen molar-refractivity contribution in [1.82, 2.24) is 4.90 Å². The van der Waals surface area contributed by atoms with Crippen molar-refractivity contribution in [2.45, 2.75) is 33.1 Å². The van der Waals surface area contributed by atoms with Gasteiger partial charge in [-0.3, -0.25) is 0 Å². The lowest BCUT2D eigenvalue weighted by Gasteiger charge is -2.26. The molecule has 0 amide bonds. The maximum absolute atomic E-state index is 9.51. The van der Waals surface area contributed by atoms with E-state index in [1.165, 1.54) is 5.56 Å². The van der Waals surface area contributed by atoms with E-state index in [0.29, 0.717) is 17.6 Å². The Labute approximate surface area is 117 Å². The third-order valence-corrected chi connectivity index (χ3v) is 3.08. The summed E-state index contributed by atoms with van der Waals surface area (Å²) in [4.78, 5) is 2.22. The molecule has 0 aliphatic heterocycles. The van der Waals surface area contributed by atoms with Crippen LogP contribution in [-0.4, -0.2) is 42.4 Å². The number of phenolic OH excluding ortho intramolecular Hbond substituents is 1. The SMILES string of the molecule is CCO.CC[C@@H](c1cccc(O)c1)[C@@H](C)CN(C)C. The van der Waals surface area contributed by atoms with Crippen LogP contribution in [0.2, 0.25) is 0 Å². The summed E-state index contributed by atoms with van der Waals surface area (Å²) in [5, 5.41) is 17.1. The zero-order valence-corrected chi connectivity index (χ0v) is 12.9. The molecule has 1 aromatic rings. The number of benzene rings is 1. The van der Waals surface area contributed by atoms with E-state index < -0.39 is 0 Å². The highest BCUT2D eigenvalue weighted by Crippen LogP contribution is 2.30. The molecule has 0 aliphatic carbocycles. The van der Waals surface area contributed by atoms with Crippen LogP contribution in [0.5, 0.6) is 5.75 Å². The van der Waals surface area contributed by atoms with Gasteiger partial charge in [0.05, 0.1) is 0 Å². The van der Waals surface area contributed by atoms with Crippen molar-refractivity contribution in [3.63, 3.8) is 0 Å². The molecule has 0 unspecified atom stereocenters. The Morgan fingerprint density at radius 3 is 2.21 bits per heavy atom. The third kappa shape index (κ3) is 7.19. The van der Waals surface area contributed by atoms with E-state index >= 15 is 0 Å². The highest BCUT2D eigenvalue weighted by Gasteiger charge is 2.18. The largest absolute Gasteiger partial charge is 0.508 e. The Hall–Kier alpha value is -1.06. The van der Waals surface area contributed by atoms with E-state index in [1.54, 1.807) is 13.0 Å². The molecule has 3 heteroatoms. The summed E-state index contributed by atoms with van der Waals surface area (Å²) in [6.07, 6.45) is 1.11. The molecule has 1 aromatic carbocycles. The van der Waals surface area contributed by atoms with Gasteiger partial charge in [0.1, 0.15) is 5.75 Å². The maximum Gasteiger partial charge on any atom is 0.115 e. The van der Waals surface area contributed by atoms with Gasteiger partial charge in [-0.15, -0.1) is 0 Å². The zero-order valence-electron chi connectivity index (χ0n) is 12.9. The van der Waals surface area contributed by atoms with Crippen molar-refractivity contribution in [2.24, 2.45) is 5.92 Å². The second-order valence-electron chi connectivity index (χ2n) is 5.17. The van der Waals surface area contributed by atoms with E-state index in [2.05, 4.69) is 38.9 Å². The van der Waals surface area contributed by atoms with Gasteiger partial charge in [0.15, 0.2) is 0 Å². The molecule has 3 nitrogen and oxygen atoms in total. The maximum atomic E-state index is 9.51. The standard InChI is InChI=1S/C14H23NO.C2H6O/c1-5-14(11(2)10-15(3)4)12-7-6-8-13(16)9-12;1-2-3/h6-9,11,14,16H,5,10H2,1-4H3;3H,2H2,1H3/t11-,14+;/m0./s1. The van der Waals surface area contributed by atoms with E-state index in [4.69, 9.17) is 5.11 Å². The van der Waals surface area contributed by atoms with Crippen LogP contribution in [0, 0.1) is 5.92 Å². The Morgan fingerprint density at radius 1 is 1.21 bits per heavy atom. The quantitative estimate of drug-likeness (QED) is 0.861. The number of aliphatic hydroxyl groups is 1. The third-order valence-electron chi connectivity index (χ3n) is 3.08. The predicted molar refractivity (Wildman–Crippen MR) is 81.6 cm³/mol. The van der Waals surface area contributed by atoms with Crippen molar-refractivity contribution in [3.8, 4) is 5.75 Å². The number of hydrogen-bond acceptors (Lipinski definition) is 3. The van der Waals surface area contributed by atoms with Crippen molar-refractivity contribution in [1.29, 1.82) is 0 Å². The Bertz CT molecular complexity index is 339. The molecule has 0 heterocycles. The van der Waals surface area contributed by atoms with E-state index in [0.717, 1.165) is 13.0 Å². The smallest absolute Gasteiger partial charge is 0.115 e. The van der Waals surface area contributed by atoms with Gasteiger partial charge in [0.2, 0.25) is 0 Å². The molecule has 0 aromatic heterocycles. The van der Waals surface area contributed by atoms with Crippen LogP contribution < -0.4 is 0 Å². The second-order valence-corrected chi connectivity index (χ2v) is 5.17. The summed E-state index contributed by atoms with van der Waals surface area (Å²) in [7, 11) is 4.21. The minimum Gasteiger partial charge on any atom is -0.508 e. The van der Waals surface area contributed by atoms with Gasteiger partial charge in [-0.05, 0) is 57.0 Å². The second kappa shape index (κ2) is 9.82. The molecule has 0 aliphatic rings. The Morgan fingerprint density at radius 2 is 1.79 bits per heavy atom. The van der Waals surface area contributed by atoms with Crippen LogP contribution >= 0.6 is 0 Å². The average Bonchev–Trinajstić information content (AvgIpc) is 2.30. The first-order valence-corrected chi connectivity index (χ1v) is 7.00. The molecular formula is C16H29NO2. The van der Waals surface area contributed by atoms with E-state index in [-0.39, 0.29) is 6.61 Å². The van der Waals surface area contributed by atoms with Crippen LogP contribution in [0.15, 0.2) is 24.3 Å². The predicted octanol–water partition coefficient (Wildman–Crippen LogP) is 3.08. The summed E-state index contributed by atoms with van der Waals surface area (Å²) >= 11 is 0. The molecular weight excluding hydrogens is 238 g/mol. The average molecular weight is 267 g/mol. The van der Waals surface area contributed by atoms with Gasteiger partial charge in [-0.2, -0.15) is 0 Å². The topological polar surface area (TPSA) is 43.7 Å². The van der Waals surface area contributed by atoms with E-state index in [1.807, 2.05) is 12.1 Å². The fourth-order valence-electron chi connectivity index (χ4n) is 2.43.